The number of amides is 1. The fourth-order valence-corrected chi connectivity index (χ4v) is 4.93. The number of nitrogens with zero attached hydrogens (tertiary/aromatic N) is 1. The van der Waals surface area contributed by atoms with Crippen LogP contribution < -0.4 is 9.64 Å². The number of benzene rings is 2. The minimum atomic E-state index is -0.691. The Hall–Kier alpha value is -3.38. The number of hydrogen-bond donors (Lipinski definition) is 1. The highest BCUT2D eigenvalue weighted by Crippen LogP contribution is 2.45. The van der Waals surface area contributed by atoms with E-state index in [0.717, 1.165) is 16.0 Å². The van der Waals surface area contributed by atoms with E-state index in [1.165, 1.54) is 16.2 Å². The van der Waals surface area contributed by atoms with E-state index < -0.39 is 17.7 Å². The molecule has 1 N–H and O–H groups in total. The summed E-state index contributed by atoms with van der Waals surface area (Å²) in [6.07, 6.45) is 0.0240. The smallest absolute Gasteiger partial charge is 0.300 e. The molecule has 4 rings (SSSR count). The summed E-state index contributed by atoms with van der Waals surface area (Å²) in [4.78, 5) is 28.7. The Morgan fingerprint density at radius 2 is 1.78 bits per heavy atom. The zero-order chi connectivity index (χ0) is 23.0. The lowest BCUT2D eigenvalue weighted by molar-refractivity contribution is -0.132. The Morgan fingerprint density at radius 1 is 1.06 bits per heavy atom. The number of hydrogen-bond acceptors (Lipinski definition) is 5. The standard InChI is InChI=1S/C26H25NO4S/c1-15(2)31-20-10-8-18(9-11-20)23(28)21-22(25-17(4)12-13-32-25)27(26(30)24(21)29)19-7-5-6-16(3)14-19/h5-15,22,28H,1-4H3/b23-21-. The van der Waals surface area contributed by atoms with E-state index >= 15 is 0 Å². The van der Waals surface area contributed by atoms with Gasteiger partial charge >= 0.3 is 0 Å². The average Bonchev–Trinajstić information content (AvgIpc) is 3.28. The molecule has 0 saturated carbocycles. The van der Waals surface area contributed by atoms with Crippen LogP contribution in [0.2, 0.25) is 0 Å². The molecule has 0 bridgehead atoms. The molecule has 6 heteroatoms. The lowest BCUT2D eigenvalue weighted by Gasteiger charge is -2.25. The molecule has 2 aromatic carbocycles. The third-order valence-electron chi connectivity index (χ3n) is 5.37. The summed E-state index contributed by atoms with van der Waals surface area (Å²) in [5.41, 5.74) is 3.13. The van der Waals surface area contributed by atoms with E-state index in [-0.39, 0.29) is 17.4 Å². The minimum absolute atomic E-state index is 0.0240. The van der Waals surface area contributed by atoms with Gasteiger partial charge in [-0.15, -0.1) is 11.3 Å². The maximum Gasteiger partial charge on any atom is 0.300 e. The van der Waals surface area contributed by atoms with Crippen LogP contribution in [0.4, 0.5) is 5.69 Å². The molecule has 3 aromatic rings. The molecule has 164 valence electrons. The van der Waals surface area contributed by atoms with Crippen molar-refractivity contribution in [1.82, 2.24) is 0 Å². The number of anilines is 1. The lowest BCUT2D eigenvalue weighted by atomic mass is 9.98. The van der Waals surface area contributed by atoms with Crippen LogP contribution in [0.1, 0.15) is 41.5 Å². The first-order valence-corrected chi connectivity index (χ1v) is 11.3. The molecule has 1 unspecified atom stereocenters. The summed E-state index contributed by atoms with van der Waals surface area (Å²) in [6, 6.07) is 15.6. The number of Topliss-reactive ketones (excluding diaryl/α,β-unsaturated/α-hetero) is 1. The third kappa shape index (κ3) is 3.94. The normalized spacial score (nSPS) is 17.9. The van der Waals surface area contributed by atoms with Crippen molar-refractivity contribution in [3.8, 4) is 5.75 Å². The summed E-state index contributed by atoms with van der Waals surface area (Å²) in [5.74, 6) is -0.853. The van der Waals surface area contributed by atoms with Gasteiger partial charge in [0, 0.05) is 16.1 Å². The van der Waals surface area contributed by atoms with Crippen molar-refractivity contribution in [2.75, 3.05) is 4.90 Å². The average molecular weight is 448 g/mol. The van der Waals surface area contributed by atoms with Gasteiger partial charge in [0.1, 0.15) is 17.6 Å². The highest BCUT2D eigenvalue weighted by molar-refractivity contribution is 7.10. The Kier molecular flexibility index (Phi) is 5.89. The molecule has 2 heterocycles. The van der Waals surface area contributed by atoms with Crippen LogP contribution in [0.3, 0.4) is 0 Å². The van der Waals surface area contributed by atoms with Gasteiger partial charge in [0.05, 0.1) is 11.7 Å². The van der Waals surface area contributed by atoms with E-state index in [1.807, 2.05) is 63.4 Å². The molecule has 1 fully saturated rings. The number of rotatable bonds is 5. The Balaban J connectivity index is 1.86. The molecule has 0 radical (unpaired) electrons. The van der Waals surface area contributed by atoms with E-state index in [0.29, 0.717) is 17.0 Å². The molecule has 32 heavy (non-hydrogen) atoms. The van der Waals surface area contributed by atoms with Gasteiger partial charge in [0.15, 0.2) is 0 Å². The first-order valence-electron chi connectivity index (χ1n) is 10.5. The second-order valence-corrected chi connectivity index (χ2v) is 9.11. The van der Waals surface area contributed by atoms with Crippen molar-refractivity contribution in [3.63, 3.8) is 0 Å². The largest absolute Gasteiger partial charge is 0.507 e. The number of ketones is 1. The summed E-state index contributed by atoms with van der Waals surface area (Å²) >= 11 is 1.47. The van der Waals surface area contributed by atoms with E-state index in [9.17, 15) is 14.7 Å². The summed E-state index contributed by atoms with van der Waals surface area (Å²) in [6.45, 7) is 7.75. The van der Waals surface area contributed by atoms with Gasteiger partial charge in [0.25, 0.3) is 11.7 Å². The van der Waals surface area contributed by atoms with Gasteiger partial charge in [-0.05, 0) is 86.7 Å². The van der Waals surface area contributed by atoms with Gasteiger partial charge in [-0.3, -0.25) is 14.5 Å². The molecule has 5 nitrogen and oxygen atoms in total. The molecular formula is C26H25NO4S. The van der Waals surface area contributed by atoms with Crippen LogP contribution in [-0.4, -0.2) is 22.9 Å². The molecule has 1 saturated heterocycles. The van der Waals surface area contributed by atoms with Gasteiger partial charge in [-0.1, -0.05) is 12.1 Å². The van der Waals surface area contributed by atoms with Crippen molar-refractivity contribution >= 4 is 34.5 Å². The first-order chi connectivity index (χ1) is 15.3. The summed E-state index contributed by atoms with van der Waals surface area (Å²) in [7, 11) is 0. The van der Waals surface area contributed by atoms with Crippen LogP contribution in [0.25, 0.3) is 5.76 Å². The molecular weight excluding hydrogens is 422 g/mol. The maximum absolute atomic E-state index is 13.2. The van der Waals surface area contributed by atoms with Crippen molar-refractivity contribution in [1.29, 1.82) is 0 Å². The molecule has 1 atom stereocenters. The molecule has 1 aliphatic rings. The van der Waals surface area contributed by atoms with Crippen LogP contribution in [0.15, 0.2) is 65.6 Å². The Morgan fingerprint density at radius 3 is 2.38 bits per heavy atom. The van der Waals surface area contributed by atoms with Crippen LogP contribution in [-0.2, 0) is 9.59 Å². The van der Waals surface area contributed by atoms with E-state index in [4.69, 9.17) is 4.74 Å². The highest BCUT2D eigenvalue weighted by atomic mass is 32.1. The number of carbonyl (C=O) groups excluding carboxylic acids is 2. The molecule has 1 aromatic heterocycles. The zero-order valence-corrected chi connectivity index (χ0v) is 19.3. The van der Waals surface area contributed by atoms with Crippen molar-refractivity contribution in [2.24, 2.45) is 0 Å². The number of aliphatic hydroxyl groups is 1. The number of aliphatic hydroxyl groups excluding tert-OH is 1. The first kappa shape index (κ1) is 21.8. The molecule has 1 amide bonds. The van der Waals surface area contributed by atoms with E-state index in [1.54, 1.807) is 24.3 Å². The topological polar surface area (TPSA) is 66.8 Å². The number of thiophene rings is 1. The molecule has 0 spiro atoms. The minimum Gasteiger partial charge on any atom is -0.507 e. The second-order valence-electron chi connectivity index (χ2n) is 8.17. The SMILES string of the molecule is Cc1cccc(N2C(=O)C(=O)/C(=C(\O)c3ccc(OC(C)C)cc3)C2c2sccc2C)c1. The van der Waals surface area contributed by atoms with Crippen molar-refractivity contribution in [3.05, 3.63) is 87.1 Å². The van der Waals surface area contributed by atoms with Crippen molar-refractivity contribution < 1.29 is 19.4 Å². The van der Waals surface area contributed by atoms with Gasteiger partial charge in [-0.2, -0.15) is 0 Å². The predicted molar refractivity (Wildman–Crippen MR) is 127 cm³/mol. The quantitative estimate of drug-likeness (QED) is 0.306. The predicted octanol–water partition coefficient (Wildman–Crippen LogP) is 5.78. The highest BCUT2D eigenvalue weighted by Gasteiger charge is 2.47. The van der Waals surface area contributed by atoms with Crippen molar-refractivity contribution in [2.45, 2.75) is 39.8 Å². The van der Waals surface area contributed by atoms with Crippen LogP contribution >= 0.6 is 11.3 Å². The number of aryl methyl sites for hydroxylation is 2. The van der Waals surface area contributed by atoms with Gasteiger partial charge in [-0.25, -0.2) is 0 Å². The molecule has 1 aliphatic heterocycles. The number of carbonyl (C=O) groups is 2. The monoisotopic (exact) mass is 447 g/mol. The number of ether oxygens (including phenoxy) is 1. The van der Waals surface area contributed by atoms with E-state index in [2.05, 4.69) is 0 Å². The fourth-order valence-electron chi connectivity index (χ4n) is 3.91. The van der Waals surface area contributed by atoms with Crippen LogP contribution in [0, 0.1) is 13.8 Å². The molecule has 0 aliphatic carbocycles. The summed E-state index contributed by atoms with van der Waals surface area (Å²) < 4.78 is 5.67. The lowest BCUT2D eigenvalue weighted by Crippen LogP contribution is -2.29. The van der Waals surface area contributed by atoms with Gasteiger partial charge in [0.2, 0.25) is 0 Å². The Bertz CT molecular complexity index is 1210. The summed E-state index contributed by atoms with van der Waals surface area (Å²) in [5, 5.41) is 13.1. The third-order valence-corrected chi connectivity index (χ3v) is 6.45. The van der Waals surface area contributed by atoms with Crippen LogP contribution in [0.5, 0.6) is 5.75 Å². The van der Waals surface area contributed by atoms with Gasteiger partial charge < -0.3 is 9.84 Å². The fraction of sp³-hybridized carbons (Fsp3) is 0.231. The Labute approximate surface area is 191 Å². The maximum atomic E-state index is 13.2. The second kappa shape index (κ2) is 8.63. The zero-order valence-electron chi connectivity index (χ0n) is 18.5.